The van der Waals surface area contributed by atoms with Crippen LogP contribution in [-0.4, -0.2) is 12.9 Å². The number of anilines is 1. The highest BCUT2D eigenvalue weighted by molar-refractivity contribution is 9.10. The van der Waals surface area contributed by atoms with E-state index in [4.69, 9.17) is 11.6 Å². The lowest BCUT2D eigenvalue weighted by Gasteiger charge is -2.04. The lowest BCUT2D eigenvalue weighted by molar-refractivity contribution is -0.419. The van der Waals surface area contributed by atoms with E-state index in [2.05, 4.69) is 26.2 Å². The average molecular weight is 325 g/mol. The number of rotatable bonds is 2. The van der Waals surface area contributed by atoms with Crippen LogP contribution in [0.15, 0.2) is 53.0 Å². The number of hydrogen-bond acceptors (Lipinski definition) is 0. The molecule has 92 valence electrons. The summed E-state index contributed by atoms with van der Waals surface area (Å²) in [5.74, 6) is 0.917. The Bertz CT molecular complexity index is 567. The van der Waals surface area contributed by atoms with Crippen LogP contribution in [0.4, 0.5) is 5.69 Å². The van der Waals surface area contributed by atoms with Crippen molar-refractivity contribution in [1.29, 1.82) is 0 Å². The quantitative estimate of drug-likeness (QED) is 0.645. The van der Waals surface area contributed by atoms with E-state index in [9.17, 15) is 0 Å². The van der Waals surface area contributed by atoms with Crippen LogP contribution in [0.1, 0.15) is 5.56 Å². The molecule has 18 heavy (non-hydrogen) atoms. The summed E-state index contributed by atoms with van der Waals surface area (Å²) in [6.07, 6.45) is 0. The molecule has 0 amide bonds. The van der Waals surface area contributed by atoms with Gasteiger partial charge in [0.15, 0.2) is 0 Å². The minimum Gasteiger partial charge on any atom is -0.277 e. The van der Waals surface area contributed by atoms with Crippen LogP contribution in [0.3, 0.4) is 0 Å². The molecule has 2 N–H and O–H groups in total. The van der Waals surface area contributed by atoms with Crippen molar-refractivity contribution >= 4 is 39.1 Å². The van der Waals surface area contributed by atoms with Crippen molar-refractivity contribution < 1.29 is 4.99 Å². The lowest BCUT2D eigenvalue weighted by atomic mass is 10.2. The molecule has 2 rings (SSSR count). The van der Waals surface area contributed by atoms with Gasteiger partial charge in [0.05, 0.1) is 17.6 Å². The normalized spacial score (nSPS) is 11.4. The maximum absolute atomic E-state index is 6.18. The van der Waals surface area contributed by atoms with Crippen LogP contribution in [0.5, 0.6) is 0 Å². The predicted octanol–water partition coefficient (Wildman–Crippen LogP) is 2.67. The van der Waals surface area contributed by atoms with Gasteiger partial charge in [0, 0.05) is 4.47 Å². The van der Waals surface area contributed by atoms with Crippen molar-refractivity contribution in [2.75, 3.05) is 12.4 Å². The lowest BCUT2D eigenvalue weighted by Crippen LogP contribution is -2.70. The van der Waals surface area contributed by atoms with Gasteiger partial charge in [-0.15, -0.1) is 0 Å². The van der Waals surface area contributed by atoms with Gasteiger partial charge in [-0.3, -0.25) is 4.99 Å². The van der Waals surface area contributed by atoms with Gasteiger partial charge < -0.3 is 0 Å². The first-order valence-electron chi connectivity index (χ1n) is 5.53. The first-order chi connectivity index (χ1) is 8.70. The van der Waals surface area contributed by atoms with Gasteiger partial charge in [-0.1, -0.05) is 45.7 Å². The number of benzene rings is 2. The van der Waals surface area contributed by atoms with Crippen LogP contribution in [0.2, 0.25) is 5.02 Å². The molecule has 0 bridgehead atoms. The van der Waals surface area contributed by atoms with Crippen molar-refractivity contribution in [2.24, 2.45) is 0 Å². The van der Waals surface area contributed by atoms with Crippen molar-refractivity contribution in [3.8, 4) is 0 Å². The highest BCUT2D eigenvalue weighted by Crippen LogP contribution is 2.25. The fraction of sp³-hybridized carbons (Fsp3) is 0.0714. The summed E-state index contributed by atoms with van der Waals surface area (Å²) in [6.45, 7) is 0. The van der Waals surface area contributed by atoms with E-state index < -0.39 is 0 Å². The van der Waals surface area contributed by atoms with Crippen LogP contribution >= 0.6 is 27.5 Å². The van der Waals surface area contributed by atoms with Gasteiger partial charge in [0.1, 0.15) is 5.69 Å². The summed E-state index contributed by atoms with van der Waals surface area (Å²) in [5.41, 5.74) is 1.95. The molecule has 0 saturated carbocycles. The van der Waals surface area contributed by atoms with E-state index >= 15 is 0 Å². The number of hydrogen-bond donors (Lipinski definition) is 2. The van der Waals surface area contributed by atoms with E-state index in [1.807, 2.05) is 55.6 Å². The number of halogens is 2. The van der Waals surface area contributed by atoms with E-state index in [0.29, 0.717) is 5.02 Å². The van der Waals surface area contributed by atoms with Crippen LogP contribution in [0, 0.1) is 0 Å². The topological polar surface area (TPSA) is 26.0 Å². The molecule has 0 aromatic heterocycles. The Labute approximate surface area is 120 Å². The Morgan fingerprint density at radius 1 is 1.17 bits per heavy atom. The largest absolute Gasteiger partial charge is 0.279 e. The molecule has 0 unspecified atom stereocenters. The second-order valence-corrected chi connectivity index (χ2v) is 5.06. The third-order valence-corrected chi connectivity index (χ3v) is 3.31. The molecule has 0 aliphatic carbocycles. The smallest absolute Gasteiger partial charge is 0.277 e. The fourth-order valence-electron chi connectivity index (χ4n) is 1.61. The molecule has 0 atom stereocenters. The fourth-order valence-corrected chi connectivity index (χ4v) is 2.33. The standard InChI is InChI=1S/C14H12BrClN2/c1-17-14(10-5-3-2-4-6-10)18-13-8-7-11(15)9-12(13)16/h2-9H,1H3,(H,17,18)/p+1. The van der Waals surface area contributed by atoms with Crippen LogP contribution < -0.4 is 10.3 Å². The second kappa shape index (κ2) is 6.03. The summed E-state index contributed by atoms with van der Waals surface area (Å²) in [7, 11) is 1.88. The SMILES string of the molecule is C[NH+]=C(Nc1ccc(Br)cc1Cl)c1ccccc1. The van der Waals surface area contributed by atoms with Gasteiger partial charge in [-0.05, 0) is 30.3 Å². The van der Waals surface area contributed by atoms with Gasteiger partial charge >= 0.3 is 0 Å². The molecule has 0 spiro atoms. The van der Waals surface area contributed by atoms with E-state index in [1.165, 1.54) is 0 Å². The molecular formula is C14H13BrClN2+. The Hall–Kier alpha value is -1.32. The summed E-state index contributed by atoms with van der Waals surface area (Å²) < 4.78 is 0.962. The minimum absolute atomic E-state index is 0.674. The minimum atomic E-state index is 0.674. The average Bonchev–Trinajstić information content (AvgIpc) is 2.39. The van der Waals surface area contributed by atoms with Crippen LogP contribution in [0.25, 0.3) is 0 Å². The molecule has 0 heterocycles. The monoisotopic (exact) mass is 323 g/mol. The van der Waals surface area contributed by atoms with Crippen molar-refractivity contribution in [1.82, 2.24) is 0 Å². The predicted molar refractivity (Wildman–Crippen MR) is 80.2 cm³/mol. The zero-order valence-electron chi connectivity index (χ0n) is 9.87. The first kappa shape index (κ1) is 13.1. The summed E-state index contributed by atoms with van der Waals surface area (Å²) in [6, 6.07) is 15.8. The Morgan fingerprint density at radius 2 is 1.89 bits per heavy atom. The van der Waals surface area contributed by atoms with Crippen molar-refractivity contribution in [2.45, 2.75) is 0 Å². The Balaban J connectivity index is 2.27. The zero-order valence-corrected chi connectivity index (χ0v) is 12.2. The van der Waals surface area contributed by atoms with Gasteiger partial charge in [0.25, 0.3) is 5.84 Å². The van der Waals surface area contributed by atoms with Gasteiger partial charge in [-0.25, -0.2) is 5.32 Å². The molecular weight excluding hydrogens is 312 g/mol. The Morgan fingerprint density at radius 3 is 2.50 bits per heavy atom. The third kappa shape index (κ3) is 3.12. The van der Waals surface area contributed by atoms with E-state index in [0.717, 1.165) is 21.6 Å². The molecule has 0 saturated heterocycles. The summed E-state index contributed by atoms with van der Waals surface area (Å²) in [4.78, 5) is 3.14. The van der Waals surface area contributed by atoms with Crippen LogP contribution in [-0.2, 0) is 0 Å². The molecule has 0 radical (unpaired) electrons. The van der Waals surface area contributed by atoms with Crippen molar-refractivity contribution in [3.63, 3.8) is 0 Å². The molecule has 2 aromatic rings. The number of amidine groups is 1. The first-order valence-corrected chi connectivity index (χ1v) is 6.70. The molecule has 0 fully saturated rings. The molecule has 0 aliphatic rings. The van der Waals surface area contributed by atoms with Gasteiger partial charge in [0.2, 0.25) is 0 Å². The zero-order chi connectivity index (χ0) is 13.0. The molecule has 0 aliphatic heterocycles. The highest BCUT2D eigenvalue weighted by atomic mass is 79.9. The van der Waals surface area contributed by atoms with E-state index in [1.54, 1.807) is 0 Å². The van der Waals surface area contributed by atoms with Crippen molar-refractivity contribution in [3.05, 3.63) is 63.6 Å². The molecule has 4 heteroatoms. The maximum atomic E-state index is 6.18. The van der Waals surface area contributed by atoms with Gasteiger partial charge in [-0.2, -0.15) is 0 Å². The summed E-state index contributed by atoms with van der Waals surface area (Å²) >= 11 is 9.57. The second-order valence-electron chi connectivity index (χ2n) is 3.74. The highest BCUT2D eigenvalue weighted by Gasteiger charge is 2.12. The third-order valence-electron chi connectivity index (χ3n) is 2.50. The molecule has 2 nitrogen and oxygen atoms in total. The maximum Gasteiger partial charge on any atom is 0.279 e. The van der Waals surface area contributed by atoms with E-state index in [-0.39, 0.29) is 0 Å². The molecule has 2 aromatic carbocycles. The summed E-state index contributed by atoms with van der Waals surface area (Å²) in [5, 5.41) is 3.97. The number of nitrogens with one attached hydrogen (secondary N) is 2. The Kier molecular flexibility index (Phi) is 4.39.